The topological polar surface area (TPSA) is 237 Å². The lowest BCUT2D eigenvalue weighted by Gasteiger charge is -2.21. The largest absolute Gasteiger partial charge is 0.472 e. The van der Waals surface area contributed by atoms with Crippen molar-refractivity contribution in [3.05, 3.63) is 0 Å². The van der Waals surface area contributed by atoms with Crippen molar-refractivity contribution in [2.24, 2.45) is 23.7 Å². The Morgan fingerprint density at radius 1 is 0.329 bits per heavy atom. The van der Waals surface area contributed by atoms with E-state index in [4.69, 9.17) is 37.0 Å². The molecular weight excluding hydrogens is 1130 g/mol. The number of carbonyl (C=O) groups excluding carboxylic acids is 4. The third-order valence-corrected chi connectivity index (χ3v) is 17.3. The maximum absolute atomic E-state index is 13.0. The highest BCUT2D eigenvalue weighted by molar-refractivity contribution is 7.47. The van der Waals surface area contributed by atoms with Crippen molar-refractivity contribution in [2.75, 3.05) is 39.6 Å². The van der Waals surface area contributed by atoms with Crippen molar-refractivity contribution in [1.29, 1.82) is 0 Å². The Bertz CT molecular complexity index is 1700. The summed E-state index contributed by atoms with van der Waals surface area (Å²) in [6.07, 6.45) is 36.3. The Morgan fingerprint density at radius 3 is 0.835 bits per heavy atom. The number of rotatable bonds is 63. The van der Waals surface area contributed by atoms with Crippen molar-refractivity contribution < 1.29 is 80.2 Å². The van der Waals surface area contributed by atoms with Gasteiger partial charge in [-0.1, -0.05) is 267 Å². The van der Waals surface area contributed by atoms with Crippen LogP contribution in [0.2, 0.25) is 0 Å². The van der Waals surface area contributed by atoms with E-state index in [9.17, 15) is 43.2 Å². The number of aliphatic hydroxyl groups excluding tert-OH is 1. The molecule has 0 aliphatic heterocycles. The van der Waals surface area contributed by atoms with Crippen LogP contribution in [0.3, 0.4) is 0 Å². The Morgan fingerprint density at radius 2 is 0.565 bits per heavy atom. The van der Waals surface area contributed by atoms with E-state index < -0.39 is 97.5 Å². The molecular formula is C66H128O17P2. The molecule has 17 nitrogen and oxygen atoms in total. The van der Waals surface area contributed by atoms with Crippen molar-refractivity contribution in [2.45, 2.75) is 337 Å². The van der Waals surface area contributed by atoms with Gasteiger partial charge in [-0.3, -0.25) is 37.3 Å². The zero-order valence-corrected chi connectivity index (χ0v) is 57.0. The number of phosphoric ester groups is 2. The summed E-state index contributed by atoms with van der Waals surface area (Å²) in [5.41, 5.74) is 0. The molecule has 0 rings (SSSR count). The van der Waals surface area contributed by atoms with Gasteiger partial charge in [-0.15, -0.1) is 0 Å². The summed E-state index contributed by atoms with van der Waals surface area (Å²) in [4.78, 5) is 72.3. The highest BCUT2D eigenvalue weighted by atomic mass is 31.2. The second-order valence-corrected chi connectivity index (χ2v) is 28.4. The van der Waals surface area contributed by atoms with Gasteiger partial charge in [0.15, 0.2) is 12.2 Å². The van der Waals surface area contributed by atoms with Gasteiger partial charge >= 0.3 is 39.5 Å². The van der Waals surface area contributed by atoms with Gasteiger partial charge in [0.25, 0.3) is 0 Å². The standard InChI is InChI=1S/C66H128O17P2/c1-9-59(8)45-37-29-20-14-10-11-15-21-32-40-48-65(70)83-62(53-77-64(69)47-39-31-25-24-28-36-44-58(6)7)55-81-85(74,75)79-51-60(67)50-78-84(72,73)80-54-61(52-76-63(68)46-38-30-23-17-19-27-35-43-57(4)5)82-66(71)49-41-33-22-16-12-13-18-26-34-42-56(2)3/h56-62,67H,9-55H2,1-8H3,(H,72,73)(H,74,75)/t59?,60?,61-,62-/m1/s1. The first-order chi connectivity index (χ1) is 40.6. The maximum Gasteiger partial charge on any atom is 0.472 e. The van der Waals surface area contributed by atoms with Crippen LogP contribution in [0.25, 0.3) is 0 Å². The summed E-state index contributed by atoms with van der Waals surface area (Å²) in [5, 5.41) is 10.5. The van der Waals surface area contributed by atoms with Crippen LogP contribution in [0.1, 0.15) is 319 Å². The number of carbonyl (C=O) groups is 4. The molecule has 85 heavy (non-hydrogen) atoms. The van der Waals surface area contributed by atoms with Crippen molar-refractivity contribution in [3.63, 3.8) is 0 Å². The average Bonchev–Trinajstić information content (AvgIpc) is 3.63. The van der Waals surface area contributed by atoms with Gasteiger partial charge in [-0.2, -0.15) is 0 Å². The van der Waals surface area contributed by atoms with E-state index in [2.05, 4.69) is 55.4 Å². The van der Waals surface area contributed by atoms with Crippen molar-refractivity contribution in [1.82, 2.24) is 0 Å². The van der Waals surface area contributed by atoms with Crippen LogP contribution in [-0.2, 0) is 65.4 Å². The number of aliphatic hydroxyl groups is 1. The number of unbranched alkanes of at least 4 members (excludes halogenated alkanes) is 28. The molecule has 0 aromatic rings. The van der Waals surface area contributed by atoms with E-state index in [0.29, 0.717) is 37.5 Å². The van der Waals surface area contributed by atoms with E-state index in [0.717, 1.165) is 115 Å². The lowest BCUT2D eigenvalue weighted by atomic mass is 9.99. The quantitative estimate of drug-likeness (QED) is 0.0222. The number of hydrogen-bond acceptors (Lipinski definition) is 15. The van der Waals surface area contributed by atoms with Gasteiger partial charge < -0.3 is 33.8 Å². The summed E-state index contributed by atoms with van der Waals surface area (Å²) in [6.45, 7) is 14.0. The lowest BCUT2D eigenvalue weighted by Crippen LogP contribution is -2.30. The molecule has 0 bridgehead atoms. The molecule has 0 amide bonds. The zero-order valence-electron chi connectivity index (χ0n) is 55.2. The highest BCUT2D eigenvalue weighted by Crippen LogP contribution is 2.45. The predicted molar refractivity (Wildman–Crippen MR) is 340 cm³/mol. The monoisotopic (exact) mass is 1250 g/mol. The van der Waals surface area contributed by atoms with Crippen molar-refractivity contribution >= 4 is 39.5 Å². The van der Waals surface area contributed by atoms with E-state index in [1.165, 1.54) is 109 Å². The molecule has 0 radical (unpaired) electrons. The van der Waals surface area contributed by atoms with Crippen LogP contribution in [0.5, 0.6) is 0 Å². The molecule has 0 aromatic heterocycles. The van der Waals surface area contributed by atoms with Crippen LogP contribution in [0.15, 0.2) is 0 Å². The van der Waals surface area contributed by atoms with Crippen LogP contribution in [0.4, 0.5) is 0 Å². The predicted octanol–water partition coefficient (Wildman–Crippen LogP) is 18.1. The second-order valence-electron chi connectivity index (χ2n) is 25.5. The summed E-state index contributed by atoms with van der Waals surface area (Å²) in [6, 6.07) is 0. The first kappa shape index (κ1) is 83.1. The van der Waals surface area contributed by atoms with Crippen molar-refractivity contribution in [3.8, 4) is 0 Å². The molecule has 3 N–H and O–H groups in total. The fourth-order valence-electron chi connectivity index (χ4n) is 9.75. The van der Waals surface area contributed by atoms with Crippen LogP contribution >= 0.6 is 15.6 Å². The Hall–Kier alpha value is -1.94. The van der Waals surface area contributed by atoms with Crippen LogP contribution < -0.4 is 0 Å². The molecule has 0 spiro atoms. The minimum Gasteiger partial charge on any atom is -0.462 e. The molecule has 0 saturated heterocycles. The van der Waals surface area contributed by atoms with Gasteiger partial charge in [-0.05, 0) is 49.4 Å². The first-order valence-electron chi connectivity index (χ1n) is 34.2. The average molecular weight is 1260 g/mol. The third kappa shape index (κ3) is 59.5. The third-order valence-electron chi connectivity index (χ3n) is 15.4. The molecule has 0 aromatic carbocycles. The van der Waals surface area contributed by atoms with E-state index in [1.54, 1.807) is 0 Å². The number of ether oxygens (including phenoxy) is 4. The normalized spacial score (nSPS) is 14.7. The number of esters is 4. The minimum absolute atomic E-state index is 0.104. The van der Waals surface area contributed by atoms with E-state index >= 15 is 0 Å². The molecule has 19 heteroatoms. The zero-order chi connectivity index (χ0) is 63.2. The minimum atomic E-state index is -4.95. The number of phosphoric acid groups is 2. The maximum atomic E-state index is 13.0. The molecule has 0 aliphatic rings. The van der Waals surface area contributed by atoms with Crippen LogP contribution in [-0.4, -0.2) is 96.7 Å². The van der Waals surface area contributed by atoms with Crippen LogP contribution in [0, 0.1) is 23.7 Å². The van der Waals surface area contributed by atoms with Gasteiger partial charge in [0, 0.05) is 25.7 Å². The molecule has 0 fully saturated rings. The van der Waals surface area contributed by atoms with E-state index in [-0.39, 0.29) is 25.7 Å². The summed E-state index contributed by atoms with van der Waals surface area (Å²) in [5.74, 6) is 0.786. The fraction of sp³-hybridized carbons (Fsp3) is 0.939. The SMILES string of the molecule is CCC(C)CCCCCCCCCCCCC(=O)O[C@H](COC(=O)CCCCCCCCC(C)C)COP(=O)(O)OCC(O)COP(=O)(O)OC[C@@H](COC(=O)CCCCCCCCCC(C)C)OC(=O)CCCCCCCCCCCC(C)C. The first-order valence-corrected chi connectivity index (χ1v) is 37.2. The van der Waals surface area contributed by atoms with E-state index in [1.807, 2.05) is 0 Å². The van der Waals surface area contributed by atoms with Gasteiger partial charge in [0.1, 0.15) is 19.3 Å². The lowest BCUT2D eigenvalue weighted by molar-refractivity contribution is -0.161. The summed E-state index contributed by atoms with van der Waals surface area (Å²) < 4.78 is 68.1. The second kappa shape index (κ2) is 56.1. The Balaban J connectivity index is 5.25. The molecule has 0 heterocycles. The summed E-state index contributed by atoms with van der Waals surface area (Å²) in [7, 11) is -9.89. The van der Waals surface area contributed by atoms with Gasteiger partial charge in [0.05, 0.1) is 26.4 Å². The molecule has 504 valence electrons. The summed E-state index contributed by atoms with van der Waals surface area (Å²) >= 11 is 0. The fourth-order valence-corrected chi connectivity index (χ4v) is 11.3. The molecule has 0 saturated carbocycles. The Kier molecular flexibility index (Phi) is 54.8. The van der Waals surface area contributed by atoms with Gasteiger partial charge in [0.2, 0.25) is 0 Å². The molecule has 4 unspecified atom stereocenters. The molecule has 6 atom stereocenters. The smallest absolute Gasteiger partial charge is 0.462 e. The van der Waals surface area contributed by atoms with Gasteiger partial charge in [-0.25, -0.2) is 9.13 Å². The Labute approximate surface area is 517 Å². The molecule has 0 aliphatic carbocycles. The highest BCUT2D eigenvalue weighted by Gasteiger charge is 2.30. The number of hydrogen-bond donors (Lipinski definition) is 3.